The summed E-state index contributed by atoms with van der Waals surface area (Å²) in [7, 11) is 7.83. The maximum atomic E-state index is 11.4. The predicted octanol–water partition coefficient (Wildman–Crippen LogP) is 0.599. The van der Waals surface area contributed by atoms with E-state index in [4.69, 9.17) is 0 Å². The van der Waals surface area contributed by atoms with E-state index < -0.39 is 0 Å². The van der Waals surface area contributed by atoms with Crippen molar-refractivity contribution in [3.8, 4) is 0 Å². The number of rotatable bonds is 1. The fourth-order valence-corrected chi connectivity index (χ4v) is 2.02. The minimum absolute atomic E-state index is 0. The van der Waals surface area contributed by atoms with Crippen LogP contribution in [0.25, 0.3) is 0 Å². The zero-order valence-electron chi connectivity index (χ0n) is 9.88. The first-order chi connectivity index (χ1) is 7.02. The van der Waals surface area contributed by atoms with Crippen LogP contribution < -0.4 is 4.73 Å². The summed E-state index contributed by atoms with van der Waals surface area (Å²) in [5.41, 5.74) is 0. The molecule has 0 aromatic carbocycles. The third-order valence-corrected chi connectivity index (χ3v) is 3.19. The minimum Gasteiger partial charge on any atom is -0.618 e. The molecule has 6 heteroatoms. The molecule has 1 rings (SSSR count). The Bertz CT molecular complexity index is 378. The van der Waals surface area contributed by atoms with Gasteiger partial charge >= 0.3 is 5.17 Å². The van der Waals surface area contributed by atoms with Gasteiger partial charge in [0.15, 0.2) is 6.20 Å². The normalized spacial score (nSPS) is 9.25. The Labute approximate surface area is 115 Å². The summed E-state index contributed by atoms with van der Waals surface area (Å²) in [6, 6.07) is 5.40. The Hall–Kier alpha value is -0.542. The fraction of sp³-hybridized carbons (Fsp3) is 0.400. The van der Waals surface area contributed by atoms with Gasteiger partial charge in [-0.2, -0.15) is 4.73 Å². The van der Waals surface area contributed by atoms with Crippen LogP contribution in [0.15, 0.2) is 29.4 Å². The predicted molar refractivity (Wildman–Crippen MR) is 62.1 cm³/mol. The Morgan fingerprint density at radius 3 is 2.44 bits per heavy atom. The zero-order chi connectivity index (χ0) is 11.4. The number of aromatic nitrogens is 1. The first-order valence-corrected chi connectivity index (χ1v) is 5.41. The van der Waals surface area contributed by atoms with Gasteiger partial charge in [0.25, 0.3) is 5.03 Å². The quantitative estimate of drug-likeness (QED) is 0.224. The zero-order valence-corrected chi connectivity index (χ0v) is 13.6. The van der Waals surface area contributed by atoms with Crippen molar-refractivity contribution in [3.05, 3.63) is 29.6 Å². The van der Waals surface area contributed by atoms with E-state index >= 15 is 0 Å². The van der Waals surface area contributed by atoms with Crippen molar-refractivity contribution in [2.75, 3.05) is 28.2 Å². The Kier molecular flexibility index (Phi) is 6.68. The second kappa shape index (κ2) is 6.92. The van der Waals surface area contributed by atoms with Gasteiger partial charge in [-0.05, 0) is 6.07 Å². The SMILES string of the molecule is CN(C)C(Sc1cccc[n+]1[O-])=[N+](C)C.[W]. The standard InChI is InChI=1S/C10H16N3OS.W/c1-11(2)10(12(3)4)15-9-7-5-6-8-13(9)14;/h5-8H,1-4H3;/q+1;. The van der Waals surface area contributed by atoms with Crippen molar-refractivity contribution >= 4 is 16.9 Å². The topological polar surface area (TPSA) is 33.2 Å². The molecule has 4 nitrogen and oxygen atoms in total. The second-order valence-electron chi connectivity index (χ2n) is 3.54. The first kappa shape index (κ1) is 15.5. The maximum Gasteiger partial charge on any atom is 0.318 e. The van der Waals surface area contributed by atoms with Crippen LogP contribution in [0.3, 0.4) is 0 Å². The van der Waals surface area contributed by atoms with E-state index in [-0.39, 0.29) is 21.1 Å². The molecule has 0 aliphatic carbocycles. The summed E-state index contributed by atoms with van der Waals surface area (Å²) in [5, 5.41) is 13.1. The van der Waals surface area contributed by atoms with E-state index in [1.165, 1.54) is 18.0 Å². The van der Waals surface area contributed by atoms with Gasteiger partial charge in [-0.25, -0.2) is 0 Å². The number of hydrogen-bond acceptors (Lipinski definition) is 2. The first-order valence-electron chi connectivity index (χ1n) is 4.60. The van der Waals surface area contributed by atoms with Crippen LogP contribution in [0.1, 0.15) is 0 Å². The van der Waals surface area contributed by atoms with Gasteiger partial charge in [-0.15, -0.1) is 0 Å². The molecule has 0 unspecified atom stereocenters. The van der Waals surface area contributed by atoms with Gasteiger partial charge in [0.1, 0.15) is 0 Å². The summed E-state index contributed by atoms with van der Waals surface area (Å²) < 4.78 is 2.86. The van der Waals surface area contributed by atoms with Gasteiger partial charge in [0.2, 0.25) is 0 Å². The molecule has 1 aromatic rings. The molecule has 0 atom stereocenters. The molecule has 0 spiro atoms. The van der Waals surface area contributed by atoms with Crippen molar-refractivity contribution in [2.45, 2.75) is 5.03 Å². The number of nitrogens with zero attached hydrogens (tertiary/aromatic N) is 3. The monoisotopic (exact) mass is 410 g/mol. The number of amidine groups is 1. The van der Waals surface area contributed by atoms with Crippen LogP contribution >= 0.6 is 11.8 Å². The summed E-state index contributed by atoms with van der Waals surface area (Å²) in [6.07, 6.45) is 1.51. The molecule has 0 saturated heterocycles. The number of hydrogen-bond donors (Lipinski definition) is 0. The van der Waals surface area contributed by atoms with Crippen molar-refractivity contribution < 1.29 is 30.4 Å². The van der Waals surface area contributed by atoms with Crippen LogP contribution in [0.2, 0.25) is 0 Å². The fourth-order valence-electron chi connectivity index (χ4n) is 1.17. The van der Waals surface area contributed by atoms with Gasteiger partial charge in [-0.1, -0.05) is 0 Å². The molecule has 0 fully saturated rings. The van der Waals surface area contributed by atoms with E-state index in [0.717, 1.165) is 9.90 Å². The Morgan fingerprint density at radius 2 is 2.00 bits per heavy atom. The molecule has 0 N–H and O–H groups in total. The van der Waals surface area contributed by atoms with Crippen molar-refractivity contribution in [2.24, 2.45) is 0 Å². The number of thioether (sulfide) groups is 1. The van der Waals surface area contributed by atoms with Gasteiger partial charge < -0.3 is 5.21 Å². The van der Waals surface area contributed by atoms with Crippen LogP contribution in [0.4, 0.5) is 0 Å². The maximum absolute atomic E-state index is 11.4. The van der Waals surface area contributed by atoms with E-state index in [0.29, 0.717) is 5.03 Å². The van der Waals surface area contributed by atoms with Crippen molar-refractivity contribution in [3.63, 3.8) is 0 Å². The van der Waals surface area contributed by atoms with Gasteiger partial charge in [0, 0.05) is 33.2 Å². The molecule has 0 amide bonds. The van der Waals surface area contributed by atoms with E-state index in [1.807, 2.05) is 49.8 Å². The third kappa shape index (κ3) is 4.14. The average molecular weight is 410 g/mol. The van der Waals surface area contributed by atoms with Crippen molar-refractivity contribution in [1.29, 1.82) is 0 Å². The van der Waals surface area contributed by atoms with Gasteiger partial charge in [0.05, 0.1) is 40.0 Å². The number of pyridine rings is 1. The molecular weight excluding hydrogens is 394 g/mol. The summed E-state index contributed by atoms with van der Waals surface area (Å²) in [4.78, 5) is 1.98. The Balaban J connectivity index is 0.00000225. The summed E-state index contributed by atoms with van der Waals surface area (Å²) in [5.74, 6) is 0. The van der Waals surface area contributed by atoms with Crippen LogP contribution in [-0.4, -0.2) is 42.8 Å². The van der Waals surface area contributed by atoms with E-state index in [1.54, 1.807) is 6.07 Å². The van der Waals surface area contributed by atoms with Crippen LogP contribution in [0, 0.1) is 5.21 Å². The molecule has 1 heterocycles. The third-order valence-electron chi connectivity index (χ3n) is 1.75. The van der Waals surface area contributed by atoms with Crippen molar-refractivity contribution in [1.82, 2.24) is 4.90 Å². The average Bonchev–Trinajstić information content (AvgIpc) is 2.15. The molecule has 88 valence electrons. The molecule has 0 radical (unpaired) electrons. The van der Waals surface area contributed by atoms with E-state index in [2.05, 4.69) is 0 Å². The van der Waals surface area contributed by atoms with Gasteiger partial charge in [-0.3, -0.25) is 9.48 Å². The van der Waals surface area contributed by atoms with Crippen LogP contribution in [-0.2, 0) is 21.1 Å². The smallest absolute Gasteiger partial charge is 0.318 e. The molecule has 16 heavy (non-hydrogen) atoms. The second-order valence-corrected chi connectivity index (χ2v) is 4.53. The summed E-state index contributed by atoms with van der Waals surface area (Å²) >= 11 is 1.45. The summed E-state index contributed by atoms with van der Waals surface area (Å²) in [6.45, 7) is 0. The Morgan fingerprint density at radius 1 is 1.38 bits per heavy atom. The molecule has 1 aromatic heterocycles. The molecular formula is C10H16N3OSW+. The minimum atomic E-state index is 0. The molecule has 0 aliphatic heterocycles. The van der Waals surface area contributed by atoms with E-state index in [9.17, 15) is 5.21 Å². The largest absolute Gasteiger partial charge is 0.618 e. The molecule has 0 aliphatic rings. The molecule has 0 bridgehead atoms. The van der Waals surface area contributed by atoms with Crippen LogP contribution in [0.5, 0.6) is 0 Å². The molecule has 0 saturated carbocycles.